The molecule has 2 aromatic rings. The fraction of sp³-hybridized carbons (Fsp3) is 0.304. The average molecular weight is 337 g/mol. The molecule has 2 unspecified atom stereocenters. The van der Waals surface area contributed by atoms with Crippen molar-refractivity contribution in [2.45, 2.75) is 45.7 Å². The van der Waals surface area contributed by atoms with Crippen LogP contribution in [-0.2, 0) is 12.8 Å². The van der Waals surface area contributed by atoms with E-state index < -0.39 is 0 Å². The van der Waals surface area contributed by atoms with Crippen molar-refractivity contribution in [3.05, 3.63) is 89.5 Å². The van der Waals surface area contributed by atoms with Gasteiger partial charge in [-0.2, -0.15) is 0 Å². The van der Waals surface area contributed by atoms with E-state index in [0.29, 0.717) is 0 Å². The second kappa shape index (κ2) is 11.4. The van der Waals surface area contributed by atoms with Gasteiger partial charge in [0.25, 0.3) is 0 Å². The summed E-state index contributed by atoms with van der Waals surface area (Å²) < 4.78 is 0. The Bertz CT molecular complexity index is 639. The molecule has 0 radical (unpaired) electrons. The van der Waals surface area contributed by atoms with Gasteiger partial charge in [-0.05, 0) is 36.5 Å². The third-order valence-electron chi connectivity index (χ3n) is 3.88. The van der Waals surface area contributed by atoms with E-state index in [4.69, 9.17) is 11.5 Å². The lowest BCUT2D eigenvalue weighted by molar-refractivity contribution is 0.771. The van der Waals surface area contributed by atoms with Crippen LogP contribution in [0, 0.1) is 6.92 Å². The number of rotatable bonds is 7. The van der Waals surface area contributed by atoms with Gasteiger partial charge >= 0.3 is 0 Å². The van der Waals surface area contributed by atoms with Gasteiger partial charge in [0.05, 0.1) is 0 Å². The van der Waals surface area contributed by atoms with E-state index in [2.05, 4.69) is 62.0 Å². The van der Waals surface area contributed by atoms with Crippen molar-refractivity contribution in [1.29, 1.82) is 0 Å². The van der Waals surface area contributed by atoms with Crippen molar-refractivity contribution < 1.29 is 0 Å². The average Bonchev–Trinajstić information content (AvgIpc) is 2.64. The van der Waals surface area contributed by atoms with Crippen LogP contribution in [0.5, 0.6) is 0 Å². The Balaban J connectivity index is 0.00000151. The molecule has 2 aromatic carbocycles. The molecule has 0 aliphatic rings. The van der Waals surface area contributed by atoms with Crippen molar-refractivity contribution in [3.8, 4) is 0 Å². The van der Waals surface area contributed by atoms with Crippen LogP contribution in [0.15, 0.2) is 67.3 Å². The Labute approximate surface area is 153 Å². The number of hydrogen-bond acceptors (Lipinski definition) is 2. The topological polar surface area (TPSA) is 52.0 Å². The predicted octanol–water partition coefficient (Wildman–Crippen LogP) is 4.66. The number of nitrogens with two attached hydrogens (primary N) is 2. The van der Waals surface area contributed by atoms with E-state index in [9.17, 15) is 0 Å². The third kappa shape index (κ3) is 7.97. The van der Waals surface area contributed by atoms with Crippen molar-refractivity contribution in [1.82, 2.24) is 0 Å². The molecule has 0 aromatic heterocycles. The summed E-state index contributed by atoms with van der Waals surface area (Å²) in [5, 5.41) is 0. The maximum absolute atomic E-state index is 6.18. The van der Waals surface area contributed by atoms with Crippen LogP contribution in [0.4, 0.5) is 0 Å². The first-order chi connectivity index (χ1) is 12.1. The summed E-state index contributed by atoms with van der Waals surface area (Å²) in [6.45, 7) is 9.85. The Kier molecular flexibility index (Phi) is 9.53. The molecule has 2 heteroatoms. The summed E-state index contributed by atoms with van der Waals surface area (Å²) in [5.74, 6) is 0. The smallest absolute Gasteiger partial charge is 0.0265 e. The molecule has 2 rings (SSSR count). The minimum atomic E-state index is -0.0198. The quantitative estimate of drug-likeness (QED) is 0.723. The molecule has 0 spiro atoms. The van der Waals surface area contributed by atoms with Gasteiger partial charge in [0.2, 0.25) is 0 Å². The Morgan fingerprint density at radius 2 is 1.20 bits per heavy atom. The van der Waals surface area contributed by atoms with Crippen LogP contribution in [0.25, 0.3) is 6.08 Å². The van der Waals surface area contributed by atoms with Crippen molar-refractivity contribution in [2.24, 2.45) is 11.5 Å². The molecule has 2 nitrogen and oxygen atoms in total. The molecule has 2 atom stereocenters. The lowest BCUT2D eigenvalue weighted by Crippen LogP contribution is -2.24. The predicted molar refractivity (Wildman–Crippen MR) is 112 cm³/mol. The zero-order valence-corrected chi connectivity index (χ0v) is 15.8. The van der Waals surface area contributed by atoms with Gasteiger partial charge in [-0.1, -0.05) is 92.7 Å². The molecule has 0 saturated heterocycles. The van der Waals surface area contributed by atoms with Gasteiger partial charge in [-0.25, -0.2) is 0 Å². The molecule has 134 valence electrons. The van der Waals surface area contributed by atoms with Crippen molar-refractivity contribution in [3.63, 3.8) is 0 Å². The number of aryl methyl sites for hydroxylation is 1. The van der Waals surface area contributed by atoms with E-state index in [1.807, 2.05) is 32.1 Å². The maximum atomic E-state index is 6.18. The number of hydrogen-bond donors (Lipinski definition) is 2. The van der Waals surface area contributed by atoms with E-state index in [1.54, 1.807) is 0 Å². The molecule has 0 fully saturated rings. The van der Waals surface area contributed by atoms with Crippen LogP contribution >= 0.6 is 0 Å². The van der Waals surface area contributed by atoms with Crippen LogP contribution in [0.2, 0.25) is 0 Å². The van der Waals surface area contributed by atoms with Crippen LogP contribution < -0.4 is 11.5 Å². The summed E-state index contributed by atoms with van der Waals surface area (Å²) in [6.07, 6.45) is 7.51. The third-order valence-corrected chi connectivity index (χ3v) is 3.88. The SMILES string of the molecule is C=Cc1ccc(CC(N)/C=C/C(N)Cc2ccc(C)cc2)cc1.CC. The molecular weight excluding hydrogens is 304 g/mol. The second-order valence-corrected chi connectivity index (χ2v) is 6.05. The van der Waals surface area contributed by atoms with E-state index in [-0.39, 0.29) is 12.1 Å². The van der Waals surface area contributed by atoms with Gasteiger partial charge in [0, 0.05) is 12.1 Å². The molecule has 0 saturated carbocycles. The highest BCUT2D eigenvalue weighted by Crippen LogP contribution is 2.09. The highest BCUT2D eigenvalue weighted by molar-refractivity contribution is 5.47. The van der Waals surface area contributed by atoms with Crippen LogP contribution in [-0.4, -0.2) is 12.1 Å². The van der Waals surface area contributed by atoms with Gasteiger partial charge in [-0.15, -0.1) is 0 Å². The first-order valence-electron chi connectivity index (χ1n) is 9.03. The van der Waals surface area contributed by atoms with Gasteiger partial charge < -0.3 is 11.5 Å². The summed E-state index contributed by atoms with van der Waals surface area (Å²) in [6, 6.07) is 16.8. The summed E-state index contributed by atoms with van der Waals surface area (Å²) in [5.41, 5.74) is 17.2. The molecule has 0 amide bonds. The lowest BCUT2D eigenvalue weighted by Gasteiger charge is -2.10. The first-order valence-corrected chi connectivity index (χ1v) is 9.03. The Morgan fingerprint density at radius 1 is 0.800 bits per heavy atom. The summed E-state index contributed by atoms with van der Waals surface area (Å²) >= 11 is 0. The van der Waals surface area contributed by atoms with Crippen molar-refractivity contribution >= 4 is 6.08 Å². The van der Waals surface area contributed by atoms with Gasteiger partial charge in [0.1, 0.15) is 0 Å². The fourth-order valence-corrected chi connectivity index (χ4v) is 2.48. The van der Waals surface area contributed by atoms with Crippen LogP contribution in [0.3, 0.4) is 0 Å². The maximum Gasteiger partial charge on any atom is 0.0265 e. The van der Waals surface area contributed by atoms with Gasteiger partial charge in [-0.3, -0.25) is 0 Å². The normalized spacial score (nSPS) is 13.0. The monoisotopic (exact) mass is 336 g/mol. The summed E-state index contributed by atoms with van der Waals surface area (Å²) in [4.78, 5) is 0. The minimum Gasteiger partial charge on any atom is -0.324 e. The molecule has 25 heavy (non-hydrogen) atoms. The summed E-state index contributed by atoms with van der Waals surface area (Å²) in [7, 11) is 0. The zero-order chi connectivity index (χ0) is 18.7. The fourth-order valence-electron chi connectivity index (χ4n) is 2.48. The molecule has 0 bridgehead atoms. The van der Waals surface area contributed by atoms with Crippen LogP contribution in [0.1, 0.15) is 36.1 Å². The largest absolute Gasteiger partial charge is 0.324 e. The molecule has 0 aliphatic carbocycles. The molecule has 0 aliphatic heterocycles. The lowest BCUT2D eigenvalue weighted by atomic mass is 10.0. The van der Waals surface area contributed by atoms with E-state index in [1.165, 1.54) is 16.7 Å². The zero-order valence-electron chi connectivity index (χ0n) is 15.8. The Hall–Kier alpha value is -2.16. The highest BCUT2D eigenvalue weighted by atomic mass is 14.6. The Morgan fingerprint density at radius 3 is 1.60 bits per heavy atom. The van der Waals surface area contributed by atoms with Crippen molar-refractivity contribution in [2.75, 3.05) is 0 Å². The first kappa shape index (κ1) is 20.9. The molecule has 0 heterocycles. The second-order valence-electron chi connectivity index (χ2n) is 6.05. The molecular formula is C23H32N2. The van der Waals surface area contributed by atoms with Gasteiger partial charge in [0.15, 0.2) is 0 Å². The number of benzene rings is 2. The van der Waals surface area contributed by atoms with E-state index >= 15 is 0 Å². The minimum absolute atomic E-state index is 0.00750. The molecule has 4 N–H and O–H groups in total. The highest BCUT2D eigenvalue weighted by Gasteiger charge is 2.03. The van der Waals surface area contributed by atoms with E-state index in [0.717, 1.165) is 18.4 Å². The standard InChI is InChI=1S/C21H26N2.C2H6/c1-3-17-8-10-19(11-9-17)15-21(23)13-12-20(22)14-18-6-4-16(2)5-7-18;1-2/h3-13,20-21H,1,14-15,22-23H2,2H3;1-2H3/b13-12+;.